The van der Waals surface area contributed by atoms with E-state index in [2.05, 4.69) is 4.90 Å². The summed E-state index contributed by atoms with van der Waals surface area (Å²) in [7, 11) is 1.47. The van der Waals surface area contributed by atoms with Crippen LogP contribution in [-0.4, -0.2) is 55.0 Å². The lowest BCUT2D eigenvalue weighted by Crippen LogP contribution is -2.53. The predicted octanol–water partition coefficient (Wildman–Crippen LogP) is 2.70. The number of fused-ring (bicyclic) bond motifs is 2. The number of nitrogens with two attached hydrogens (primary N) is 1. The average molecular weight is 434 g/mol. The summed E-state index contributed by atoms with van der Waals surface area (Å²) in [6, 6.07) is 5.15. The summed E-state index contributed by atoms with van der Waals surface area (Å²) in [4.78, 5) is 17.2. The van der Waals surface area contributed by atoms with Gasteiger partial charge in [0.05, 0.1) is 13.0 Å². The molecule has 3 aliphatic rings. The van der Waals surface area contributed by atoms with Crippen molar-refractivity contribution < 1.29 is 13.9 Å². The molecule has 0 radical (unpaired) electrons. The molecule has 3 fully saturated rings. The van der Waals surface area contributed by atoms with Gasteiger partial charge in [0, 0.05) is 38.8 Å². The van der Waals surface area contributed by atoms with E-state index < -0.39 is 0 Å². The lowest BCUT2D eigenvalue weighted by molar-refractivity contribution is -0.139. The lowest BCUT2D eigenvalue weighted by Gasteiger charge is -2.38. The predicted molar refractivity (Wildman–Crippen MR) is 112 cm³/mol. The Balaban J connectivity index is 0.00000140. The van der Waals surface area contributed by atoms with Crippen molar-refractivity contribution in [1.29, 1.82) is 0 Å². The first-order chi connectivity index (χ1) is 12.6. The van der Waals surface area contributed by atoms with Crippen molar-refractivity contribution in [2.45, 2.75) is 31.8 Å². The fourth-order valence-corrected chi connectivity index (χ4v) is 5.11. The Hall–Kier alpha value is -1.08. The maximum atomic E-state index is 13.8. The van der Waals surface area contributed by atoms with Gasteiger partial charge < -0.3 is 15.4 Å². The number of nitrogens with zero attached hydrogens (tertiary/aromatic N) is 2. The zero-order chi connectivity index (χ0) is 18.3. The van der Waals surface area contributed by atoms with E-state index >= 15 is 0 Å². The molecule has 4 atom stereocenters. The summed E-state index contributed by atoms with van der Waals surface area (Å²) in [6.07, 6.45) is 3.50. The monoisotopic (exact) mass is 433 g/mol. The second-order valence-corrected chi connectivity index (χ2v) is 8.01. The van der Waals surface area contributed by atoms with Gasteiger partial charge in [-0.25, -0.2) is 4.39 Å². The van der Waals surface area contributed by atoms with Crippen LogP contribution in [-0.2, 0) is 11.3 Å². The quantitative estimate of drug-likeness (QED) is 0.792. The number of carbonyl (C=O) groups is 1. The summed E-state index contributed by atoms with van der Waals surface area (Å²) in [5.74, 6) is 1.30. The van der Waals surface area contributed by atoms with Crippen LogP contribution in [0.2, 0.25) is 0 Å². The topological polar surface area (TPSA) is 58.8 Å². The molecule has 1 aromatic rings. The van der Waals surface area contributed by atoms with E-state index in [0.29, 0.717) is 18.4 Å². The maximum Gasteiger partial charge on any atom is 0.227 e. The molecule has 1 amide bonds. The van der Waals surface area contributed by atoms with Crippen LogP contribution in [0.1, 0.15) is 24.8 Å². The highest BCUT2D eigenvalue weighted by Crippen LogP contribution is 2.48. The fourth-order valence-electron chi connectivity index (χ4n) is 5.11. The molecule has 2 bridgehead atoms. The van der Waals surface area contributed by atoms with Gasteiger partial charge in [-0.15, -0.1) is 24.8 Å². The van der Waals surface area contributed by atoms with E-state index in [-0.39, 0.29) is 54.2 Å². The Bertz CT molecular complexity index is 683. The summed E-state index contributed by atoms with van der Waals surface area (Å²) >= 11 is 0. The molecule has 0 aromatic heterocycles. The van der Waals surface area contributed by atoms with Crippen LogP contribution in [0.25, 0.3) is 0 Å². The number of piperazine rings is 1. The highest BCUT2D eigenvalue weighted by Gasteiger charge is 2.50. The molecule has 0 spiro atoms. The standard InChI is InChI=1S/C20H28FN3O2.2ClH/c1-26-17-5-2-13(10-16(17)21)12-23-6-8-24(9-7-23)20(25)18-14-3-4-15(11-14)19(18)22;;/h2,5,10,14-15,18-19H,3-4,6-9,11-12,22H2,1H3;2*1H. The summed E-state index contributed by atoms with van der Waals surface area (Å²) in [5, 5.41) is 0. The number of amides is 1. The van der Waals surface area contributed by atoms with Crippen molar-refractivity contribution in [3.05, 3.63) is 29.6 Å². The molecule has 158 valence electrons. The van der Waals surface area contributed by atoms with E-state index in [1.807, 2.05) is 11.0 Å². The van der Waals surface area contributed by atoms with Gasteiger partial charge in [0.15, 0.2) is 11.6 Å². The third-order valence-corrected chi connectivity index (χ3v) is 6.57. The summed E-state index contributed by atoms with van der Waals surface area (Å²) in [6.45, 7) is 3.79. The van der Waals surface area contributed by atoms with Gasteiger partial charge in [-0.2, -0.15) is 0 Å². The van der Waals surface area contributed by atoms with Crippen molar-refractivity contribution in [2.24, 2.45) is 23.5 Å². The van der Waals surface area contributed by atoms with E-state index in [0.717, 1.165) is 44.6 Å². The molecule has 28 heavy (non-hydrogen) atoms. The van der Waals surface area contributed by atoms with E-state index in [1.54, 1.807) is 6.07 Å². The zero-order valence-corrected chi connectivity index (χ0v) is 17.8. The molecular weight excluding hydrogens is 404 g/mol. The highest BCUT2D eigenvalue weighted by atomic mass is 35.5. The Kier molecular flexibility index (Phi) is 7.97. The number of hydrogen-bond acceptors (Lipinski definition) is 4. The third-order valence-electron chi connectivity index (χ3n) is 6.57. The molecule has 1 aliphatic heterocycles. The number of rotatable bonds is 4. The molecule has 1 saturated heterocycles. The van der Waals surface area contributed by atoms with Crippen molar-refractivity contribution in [2.75, 3.05) is 33.3 Å². The largest absolute Gasteiger partial charge is 0.494 e. The van der Waals surface area contributed by atoms with E-state index in [9.17, 15) is 9.18 Å². The number of ether oxygens (including phenoxy) is 1. The number of hydrogen-bond donors (Lipinski definition) is 1. The normalized spacial score (nSPS) is 29.2. The van der Waals surface area contributed by atoms with Gasteiger partial charge in [0.2, 0.25) is 5.91 Å². The number of carbonyl (C=O) groups excluding carboxylic acids is 1. The number of benzene rings is 1. The van der Waals surface area contributed by atoms with Crippen molar-refractivity contribution in [1.82, 2.24) is 9.80 Å². The van der Waals surface area contributed by atoms with Crippen LogP contribution in [0.15, 0.2) is 18.2 Å². The Labute approximate surface area is 178 Å². The van der Waals surface area contributed by atoms with Crippen LogP contribution in [0.5, 0.6) is 5.75 Å². The Morgan fingerprint density at radius 2 is 1.86 bits per heavy atom. The Morgan fingerprint density at radius 3 is 2.43 bits per heavy atom. The van der Waals surface area contributed by atoms with Crippen LogP contribution in [0, 0.1) is 23.6 Å². The van der Waals surface area contributed by atoms with Crippen molar-refractivity contribution in [3.8, 4) is 5.75 Å². The highest BCUT2D eigenvalue weighted by molar-refractivity contribution is 5.85. The summed E-state index contributed by atoms with van der Waals surface area (Å²) < 4.78 is 18.8. The number of halogens is 3. The average Bonchev–Trinajstić information content (AvgIpc) is 3.23. The van der Waals surface area contributed by atoms with Gasteiger partial charge in [0.25, 0.3) is 0 Å². The minimum atomic E-state index is -0.330. The van der Waals surface area contributed by atoms with Gasteiger partial charge in [0.1, 0.15) is 0 Å². The molecule has 2 aliphatic carbocycles. The third kappa shape index (κ3) is 4.40. The van der Waals surface area contributed by atoms with Crippen LogP contribution in [0.3, 0.4) is 0 Å². The molecule has 5 nitrogen and oxygen atoms in total. The lowest BCUT2D eigenvalue weighted by atomic mass is 9.84. The second kappa shape index (κ2) is 9.61. The minimum absolute atomic E-state index is 0. The summed E-state index contributed by atoms with van der Waals surface area (Å²) in [5.41, 5.74) is 7.26. The SMILES string of the molecule is COc1ccc(CN2CCN(C(=O)C3C4CCC(C4)C3N)CC2)cc1F.Cl.Cl. The molecular formula is C20H30Cl2FN3O2. The van der Waals surface area contributed by atoms with Crippen LogP contribution < -0.4 is 10.5 Å². The molecule has 4 rings (SSSR count). The van der Waals surface area contributed by atoms with Gasteiger partial charge in [-0.1, -0.05) is 6.07 Å². The first-order valence-corrected chi connectivity index (χ1v) is 9.66. The van der Waals surface area contributed by atoms with Crippen molar-refractivity contribution in [3.63, 3.8) is 0 Å². The molecule has 4 unspecified atom stereocenters. The Morgan fingerprint density at radius 1 is 1.18 bits per heavy atom. The van der Waals surface area contributed by atoms with Crippen LogP contribution >= 0.6 is 24.8 Å². The van der Waals surface area contributed by atoms with E-state index in [4.69, 9.17) is 10.5 Å². The van der Waals surface area contributed by atoms with Gasteiger partial charge in [-0.05, 0) is 48.8 Å². The minimum Gasteiger partial charge on any atom is -0.494 e. The van der Waals surface area contributed by atoms with Gasteiger partial charge in [-0.3, -0.25) is 9.69 Å². The first kappa shape index (κ1) is 23.2. The number of methoxy groups -OCH3 is 1. The molecule has 1 heterocycles. The first-order valence-electron chi connectivity index (χ1n) is 9.66. The molecule has 2 N–H and O–H groups in total. The molecule has 1 aromatic carbocycles. The molecule has 2 saturated carbocycles. The smallest absolute Gasteiger partial charge is 0.227 e. The zero-order valence-electron chi connectivity index (χ0n) is 16.2. The van der Waals surface area contributed by atoms with E-state index in [1.165, 1.54) is 19.6 Å². The maximum absolute atomic E-state index is 13.8. The van der Waals surface area contributed by atoms with Crippen molar-refractivity contribution >= 4 is 30.7 Å². The van der Waals surface area contributed by atoms with Crippen LogP contribution in [0.4, 0.5) is 4.39 Å². The second-order valence-electron chi connectivity index (χ2n) is 8.01. The molecule has 8 heteroatoms. The van der Waals surface area contributed by atoms with Gasteiger partial charge >= 0.3 is 0 Å². The fraction of sp³-hybridized carbons (Fsp3) is 0.650.